The van der Waals surface area contributed by atoms with Crippen LogP contribution in [-0.2, 0) is 26.2 Å². The zero-order chi connectivity index (χ0) is 18.4. The fourth-order valence-corrected chi connectivity index (χ4v) is 3.34. The normalized spacial score (nSPS) is 11.1. The van der Waals surface area contributed by atoms with E-state index in [1.54, 1.807) is 0 Å². The molecule has 0 unspecified atom stereocenters. The highest BCUT2D eigenvalue weighted by Gasteiger charge is 2.09. The molecule has 134 valence electrons. The highest BCUT2D eigenvalue weighted by molar-refractivity contribution is 6.30. The first-order valence-electron chi connectivity index (χ1n) is 8.92. The number of halogens is 1. The van der Waals surface area contributed by atoms with Crippen molar-refractivity contribution < 1.29 is 0 Å². The fourth-order valence-electron chi connectivity index (χ4n) is 3.13. The first-order chi connectivity index (χ1) is 12.6. The smallest absolute Gasteiger partial charge is 0.0409 e. The monoisotopic (exact) mass is 364 g/mol. The largest absolute Gasteiger partial charge is 0.326 e. The Morgan fingerprint density at radius 1 is 0.731 bits per heavy atom. The number of nitrogens with two attached hydrogens (primary N) is 1. The lowest BCUT2D eigenvalue weighted by molar-refractivity contribution is 0.247. The third-order valence-corrected chi connectivity index (χ3v) is 4.69. The van der Waals surface area contributed by atoms with E-state index >= 15 is 0 Å². The average molecular weight is 365 g/mol. The zero-order valence-corrected chi connectivity index (χ0v) is 15.9. The van der Waals surface area contributed by atoms with Gasteiger partial charge in [0.2, 0.25) is 0 Å². The fraction of sp³-hybridized carbons (Fsp3) is 0.217. The molecule has 2 N–H and O–H groups in total. The van der Waals surface area contributed by atoms with Gasteiger partial charge in [-0.2, -0.15) is 0 Å². The van der Waals surface area contributed by atoms with Crippen molar-refractivity contribution in [2.75, 3.05) is 0 Å². The molecule has 0 fully saturated rings. The topological polar surface area (TPSA) is 29.3 Å². The van der Waals surface area contributed by atoms with Crippen molar-refractivity contribution in [3.05, 3.63) is 106 Å². The predicted molar refractivity (Wildman–Crippen MR) is 110 cm³/mol. The second-order valence-electron chi connectivity index (χ2n) is 6.78. The summed E-state index contributed by atoms with van der Waals surface area (Å²) in [6.07, 6.45) is 0. The maximum absolute atomic E-state index is 6.17. The molecule has 0 atom stereocenters. The van der Waals surface area contributed by atoms with E-state index in [-0.39, 0.29) is 0 Å². The summed E-state index contributed by atoms with van der Waals surface area (Å²) in [5.74, 6) is 0. The Bertz CT molecular complexity index is 843. The van der Waals surface area contributed by atoms with Crippen LogP contribution < -0.4 is 5.73 Å². The first kappa shape index (κ1) is 18.7. The third kappa shape index (κ3) is 5.43. The van der Waals surface area contributed by atoms with Crippen LogP contribution in [0.3, 0.4) is 0 Å². The highest BCUT2D eigenvalue weighted by atomic mass is 35.5. The van der Waals surface area contributed by atoms with Crippen molar-refractivity contribution in [2.45, 2.75) is 33.1 Å². The molecule has 0 heterocycles. The minimum absolute atomic E-state index is 0.570. The SMILES string of the molecule is Cc1ccc(CN(Cc2cccc(Cl)c2)Cc2cccc(CN)c2)cc1. The number of hydrogen-bond acceptors (Lipinski definition) is 2. The predicted octanol–water partition coefficient (Wildman–Crippen LogP) is 5.31. The van der Waals surface area contributed by atoms with Gasteiger partial charge in [-0.25, -0.2) is 0 Å². The summed E-state index contributed by atoms with van der Waals surface area (Å²) >= 11 is 6.17. The van der Waals surface area contributed by atoms with Crippen LogP contribution in [0.25, 0.3) is 0 Å². The van der Waals surface area contributed by atoms with E-state index in [0.717, 1.165) is 24.7 Å². The van der Waals surface area contributed by atoms with Crippen LogP contribution in [0.2, 0.25) is 5.02 Å². The molecule has 3 heteroatoms. The van der Waals surface area contributed by atoms with Crippen molar-refractivity contribution in [3.63, 3.8) is 0 Å². The van der Waals surface area contributed by atoms with Crippen molar-refractivity contribution >= 4 is 11.6 Å². The summed E-state index contributed by atoms with van der Waals surface area (Å²) in [4.78, 5) is 2.44. The molecule has 0 saturated heterocycles. The van der Waals surface area contributed by atoms with Crippen LogP contribution in [0.4, 0.5) is 0 Å². The Labute approximate surface area is 161 Å². The molecule has 0 aromatic heterocycles. The lowest BCUT2D eigenvalue weighted by atomic mass is 10.1. The summed E-state index contributed by atoms with van der Waals surface area (Å²) in [6.45, 7) is 5.29. The van der Waals surface area contributed by atoms with Crippen molar-refractivity contribution in [2.24, 2.45) is 5.73 Å². The van der Waals surface area contributed by atoms with Gasteiger partial charge in [-0.05, 0) is 41.3 Å². The molecule has 3 rings (SSSR count). The van der Waals surface area contributed by atoms with E-state index in [1.807, 2.05) is 18.2 Å². The summed E-state index contributed by atoms with van der Waals surface area (Å²) in [6, 6.07) is 25.4. The average Bonchev–Trinajstić information content (AvgIpc) is 2.64. The second-order valence-corrected chi connectivity index (χ2v) is 7.22. The Morgan fingerprint density at radius 3 is 1.96 bits per heavy atom. The van der Waals surface area contributed by atoms with Crippen molar-refractivity contribution in [3.8, 4) is 0 Å². The van der Waals surface area contributed by atoms with Crippen molar-refractivity contribution in [1.82, 2.24) is 4.90 Å². The molecule has 3 aromatic rings. The Kier molecular flexibility index (Phi) is 6.45. The van der Waals surface area contributed by atoms with Crippen LogP contribution in [0.5, 0.6) is 0 Å². The van der Waals surface area contributed by atoms with E-state index in [1.165, 1.54) is 27.8 Å². The van der Waals surface area contributed by atoms with E-state index < -0.39 is 0 Å². The van der Waals surface area contributed by atoms with Crippen molar-refractivity contribution in [1.29, 1.82) is 0 Å². The molecule has 0 radical (unpaired) electrons. The quantitative estimate of drug-likeness (QED) is 0.615. The minimum atomic E-state index is 0.570. The Balaban J connectivity index is 1.80. The summed E-state index contributed by atoms with van der Waals surface area (Å²) in [5.41, 5.74) is 12.1. The molecule has 0 aliphatic carbocycles. The molecular weight excluding hydrogens is 340 g/mol. The van der Waals surface area contributed by atoms with Gasteiger partial charge in [0, 0.05) is 31.2 Å². The first-order valence-corrected chi connectivity index (χ1v) is 9.30. The van der Waals surface area contributed by atoms with Gasteiger partial charge in [0.1, 0.15) is 0 Å². The number of hydrogen-bond donors (Lipinski definition) is 1. The number of rotatable bonds is 7. The highest BCUT2D eigenvalue weighted by Crippen LogP contribution is 2.18. The van der Waals surface area contributed by atoms with Gasteiger partial charge >= 0.3 is 0 Å². The van der Waals surface area contributed by atoms with Crippen LogP contribution in [-0.4, -0.2) is 4.90 Å². The number of nitrogens with zero attached hydrogens (tertiary/aromatic N) is 1. The van der Waals surface area contributed by atoms with E-state index in [4.69, 9.17) is 17.3 Å². The maximum atomic E-state index is 6.17. The van der Waals surface area contributed by atoms with Gasteiger partial charge in [0.05, 0.1) is 0 Å². The van der Waals surface area contributed by atoms with Gasteiger partial charge in [-0.1, -0.05) is 77.8 Å². The van der Waals surface area contributed by atoms with Gasteiger partial charge in [-0.3, -0.25) is 4.90 Å². The van der Waals surface area contributed by atoms with Crippen LogP contribution in [0.15, 0.2) is 72.8 Å². The number of aryl methyl sites for hydroxylation is 1. The molecule has 2 nitrogen and oxygen atoms in total. The van der Waals surface area contributed by atoms with E-state index in [2.05, 4.69) is 66.4 Å². The maximum Gasteiger partial charge on any atom is 0.0409 e. The minimum Gasteiger partial charge on any atom is -0.326 e. The molecule has 26 heavy (non-hydrogen) atoms. The Hall–Kier alpha value is -2.13. The lowest BCUT2D eigenvalue weighted by Crippen LogP contribution is -2.22. The molecule has 0 bridgehead atoms. The molecular formula is C23H25ClN2. The molecule has 0 aliphatic heterocycles. The molecule has 0 spiro atoms. The summed E-state index contributed by atoms with van der Waals surface area (Å²) in [7, 11) is 0. The molecule has 0 amide bonds. The van der Waals surface area contributed by atoms with E-state index in [0.29, 0.717) is 6.54 Å². The third-order valence-electron chi connectivity index (χ3n) is 4.46. The molecule has 0 saturated carbocycles. The van der Waals surface area contributed by atoms with Crippen LogP contribution >= 0.6 is 11.6 Å². The summed E-state index contributed by atoms with van der Waals surface area (Å²) < 4.78 is 0. The Morgan fingerprint density at radius 2 is 1.31 bits per heavy atom. The molecule has 0 aliphatic rings. The molecule has 3 aromatic carbocycles. The van der Waals surface area contributed by atoms with Gasteiger partial charge in [0.25, 0.3) is 0 Å². The standard InChI is InChI=1S/C23H25ClN2/c1-18-8-10-19(11-9-18)15-26(17-22-6-3-7-23(24)13-22)16-21-5-2-4-20(12-21)14-25/h2-13H,14-17,25H2,1H3. The van der Waals surface area contributed by atoms with Crippen LogP contribution in [0.1, 0.15) is 27.8 Å². The summed E-state index contributed by atoms with van der Waals surface area (Å²) in [5, 5.41) is 0.780. The second kappa shape index (κ2) is 9.00. The van der Waals surface area contributed by atoms with Gasteiger partial charge in [-0.15, -0.1) is 0 Å². The van der Waals surface area contributed by atoms with Crippen LogP contribution in [0, 0.1) is 6.92 Å². The number of benzene rings is 3. The lowest BCUT2D eigenvalue weighted by Gasteiger charge is -2.23. The zero-order valence-electron chi connectivity index (χ0n) is 15.2. The van der Waals surface area contributed by atoms with Gasteiger partial charge in [0.15, 0.2) is 0 Å². The van der Waals surface area contributed by atoms with E-state index in [9.17, 15) is 0 Å². The van der Waals surface area contributed by atoms with Gasteiger partial charge < -0.3 is 5.73 Å².